The van der Waals surface area contributed by atoms with E-state index >= 15 is 0 Å². The highest BCUT2D eigenvalue weighted by atomic mass is 16.2. The Bertz CT molecular complexity index is 2110. The number of carbonyl (C=O) groups excluding carboxylic acids is 5. The summed E-state index contributed by atoms with van der Waals surface area (Å²) in [6, 6.07) is 20.4. The molecular formula is C40H43N7O5. The SMILES string of the molecule is CC(C)CC1NC(=O)C(C)NC(=O)[C@@H](N)Cc2cn(c3ccccc23)C23C[C@H](NC1=O)C(=O)N1C(Cc4ccccc4)C(=O)N(c4ccccc42)C13. The van der Waals surface area contributed by atoms with Crippen LogP contribution in [0.1, 0.15) is 50.3 Å². The van der Waals surface area contributed by atoms with Crippen molar-refractivity contribution in [3.05, 3.63) is 102 Å². The van der Waals surface area contributed by atoms with Crippen LogP contribution >= 0.6 is 0 Å². The molecule has 5 N–H and O–H groups in total. The maximum atomic E-state index is 14.9. The minimum Gasteiger partial charge on any atom is -0.343 e. The van der Waals surface area contributed by atoms with Crippen LogP contribution in [0.3, 0.4) is 0 Å². The lowest BCUT2D eigenvalue weighted by atomic mass is 9.78. The second kappa shape index (κ2) is 12.6. The normalized spacial score (nSPS) is 28.8. The Morgan fingerprint density at radius 2 is 1.54 bits per heavy atom. The summed E-state index contributed by atoms with van der Waals surface area (Å²) in [4.78, 5) is 74.3. The summed E-state index contributed by atoms with van der Waals surface area (Å²) in [5.74, 6) is -2.07. The number of fused-ring (bicyclic) bond motifs is 8. The number of nitrogens with one attached hydrogen (secondary N) is 3. The number of para-hydroxylation sites is 2. The third-order valence-electron chi connectivity index (χ3n) is 11.2. The molecule has 8 rings (SSSR count). The smallest absolute Gasteiger partial charge is 0.252 e. The molecule has 12 nitrogen and oxygen atoms in total. The fourth-order valence-electron chi connectivity index (χ4n) is 8.86. The van der Waals surface area contributed by atoms with Crippen LogP contribution in [0, 0.1) is 5.92 Å². The lowest BCUT2D eigenvalue weighted by Gasteiger charge is -2.49. The van der Waals surface area contributed by atoms with Gasteiger partial charge in [0.05, 0.1) is 11.7 Å². The third-order valence-corrected chi connectivity index (χ3v) is 11.2. The van der Waals surface area contributed by atoms with Crippen LogP contribution in [0.15, 0.2) is 85.1 Å². The number of carbonyl (C=O) groups is 5. The van der Waals surface area contributed by atoms with Crippen molar-refractivity contribution in [1.82, 2.24) is 25.4 Å². The van der Waals surface area contributed by atoms with E-state index in [1.807, 2.05) is 98.9 Å². The van der Waals surface area contributed by atoms with Crippen molar-refractivity contribution in [3.8, 4) is 0 Å². The average molecular weight is 702 g/mol. The van der Waals surface area contributed by atoms with E-state index in [9.17, 15) is 24.0 Å². The number of nitrogens with zero attached hydrogens (tertiary/aromatic N) is 3. The molecule has 268 valence electrons. The van der Waals surface area contributed by atoms with Crippen LogP contribution < -0.4 is 26.6 Å². The minimum atomic E-state index is -1.05. The van der Waals surface area contributed by atoms with Crippen LogP contribution in [0.4, 0.5) is 5.69 Å². The van der Waals surface area contributed by atoms with E-state index in [0.29, 0.717) is 18.5 Å². The maximum Gasteiger partial charge on any atom is 0.252 e. The highest BCUT2D eigenvalue weighted by Gasteiger charge is 2.68. The molecule has 5 unspecified atom stereocenters. The Morgan fingerprint density at radius 1 is 0.827 bits per heavy atom. The van der Waals surface area contributed by atoms with Crippen molar-refractivity contribution in [1.29, 1.82) is 0 Å². The number of benzene rings is 3. The average Bonchev–Trinajstić information content (AvgIpc) is 3.74. The molecule has 4 aliphatic heterocycles. The molecule has 4 aromatic rings. The fourth-order valence-corrected chi connectivity index (χ4v) is 8.86. The highest BCUT2D eigenvalue weighted by molar-refractivity contribution is 6.08. The first-order valence-corrected chi connectivity index (χ1v) is 18.0. The van der Waals surface area contributed by atoms with Gasteiger partial charge in [0.2, 0.25) is 23.6 Å². The predicted octanol–water partition coefficient (Wildman–Crippen LogP) is 2.32. The molecule has 0 aliphatic carbocycles. The van der Waals surface area contributed by atoms with Crippen LogP contribution in [-0.4, -0.2) is 75.4 Å². The summed E-state index contributed by atoms with van der Waals surface area (Å²) in [5.41, 5.74) is 9.60. The summed E-state index contributed by atoms with van der Waals surface area (Å²) in [5, 5.41) is 9.48. The molecule has 5 amide bonds. The minimum absolute atomic E-state index is 0.0177. The molecule has 3 aromatic carbocycles. The first kappa shape index (κ1) is 33.6. The topological polar surface area (TPSA) is 159 Å². The van der Waals surface area contributed by atoms with Gasteiger partial charge in [-0.1, -0.05) is 80.6 Å². The van der Waals surface area contributed by atoms with Gasteiger partial charge in [0, 0.05) is 35.5 Å². The zero-order valence-corrected chi connectivity index (χ0v) is 29.4. The largest absolute Gasteiger partial charge is 0.343 e. The van der Waals surface area contributed by atoms with Crippen molar-refractivity contribution in [3.63, 3.8) is 0 Å². The summed E-state index contributed by atoms with van der Waals surface area (Å²) in [7, 11) is 0. The van der Waals surface area contributed by atoms with Crippen LogP contribution in [0.5, 0.6) is 0 Å². The summed E-state index contributed by atoms with van der Waals surface area (Å²) in [6.07, 6.45) is 2.16. The standard InChI is InChI=1S/C40H43N7O5/c1-22(2)17-29-36(50)44-30-20-40(45-21-25(26-13-7-9-15-31(26)45)19-28(41)35(49)42-23(3)34(48)43-29)27-14-8-10-16-32(27)46-38(52)33(47(37(30)51)39(40)46)18-24-11-5-4-6-12-24/h4-16,21-23,28-30,33,39H,17-20,41H2,1-3H3,(H,42,49)(H,43,48)(H,44,50)/t23?,28-,29?,30-,33?,39?,40?/m0/s1. The Labute approximate surface area is 301 Å². The monoisotopic (exact) mass is 701 g/mol. The van der Waals surface area contributed by atoms with E-state index in [1.165, 1.54) is 0 Å². The van der Waals surface area contributed by atoms with Gasteiger partial charge in [0.25, 0.3) is 5.91 Å². The van der Waals surface area contributed by atoms with E-state index in [1.54, 1.807) is 16.7 Å². The molecule has 12 heteroatoms. The van der Waals surface area contributed by atoms with Gasteiger partial charge in [-0.3, -0.25) is 28.9 Å². The second-order valence-electron chi connectivity index (χ2n) is 15.0. The molecule has 0 radical (unpaired) electrons. The van der Waals surface area contributed by atoms with Crippen molar-refractivity contribution in [2.24, 2.45) is 11.7 Å². The Balaban J connectivity index is 1.36. The zero-order valence-electron chi connectivity index (χ0n) is 29.4. The molecule has 5 heterocycles. The summed E-state index contributed by atoms with van der Waals surface area (Å²) >= 11 is 0. The first-order chi connectivity index (χ1) is 25.0. The van der Waals surface area contributed by atoms with E-state index in [-0.39, 0.29) is 30.6 Å². The second-order valence-corrected chi connectivity index (χ2v) is 15.0. The molecule has 2 fully saturated rings. The maximum absolute atomic E-state index is 14.9. The Hall–Kier alpha value is -5.49. The molecule has 7 atom stereocenters. The van der Waals surface area contributed by atoms with Crippen LogP contribution in [-0.2, 0) is 42.4 Å². The van der Waals surface area contributed by atoms with Crippen molar-refractivity contribution in [2.75, 3.05) is 4.90 Å². The number of nitrogens with two attached hydrogens (primary N) is 1. The third kappa shape index (κ3) is 5.18. The number of amides is 5. The van der Waals surface area contributed by atoms with Crippen LogP contribution in [0.25, 0.3) is 10.9 Å². The number of piperidine rings is 1. The predicted molar refractivity (Wildman–Crippen MR) is 195 cm³/mol. The van der Waals surface area contributed by atoms with E-state index in [4.69, 9.17) is 5.73 Å². The Morgan fingerprint density at radius 3 is 2.31 bits per heavy atom. The summed E-state index contributed by atoms with van der Waals surface area (Å²) in [6.45, 7) is 5.43. The fraction of sp³-hybridized carbons (Fsp3) is 0.375. The number of aromatic nitrogens is 1. The van der Waals surface area contributed by atoms with Gasteiger partial charge in [0.15, 0.2) is 0 Å². The molecule has 1 spiro atoms. The van der Waals surface area contributed by atoms with E-state index in [2.05, 4.69) is 20.5 Å². The molecule has 1 aromatic heterocycles. The molecule has 0 saturated carbocycles. The number of hydrogen-bond donors (Lipinski definition) is 4. The van der Waals surface area contributed by atoms with Crippen LogP contribution in [0.2, 0.25) is 0 Å². The van der Waals surface area contributed by atoms with Gasteiger partial charge in [-0.25, -0.2) is 0 Å². The van der Waals surface area contributed by atoms with Crippen molar-refractivity contribution < 1.29 is 24.0 Å². The van der Waals surface area contributed by atoms with E-state index in [0.717, 1.165) is 27.6 Å². The zero-order chi connectivity index (χ0) is 36.5. The first-order valence-electron chi connectivity index (χ1n) is 18.0. The molecule has 52 heavy (non-hydrogen) atoms. The van der Waals surface area contributed by atoms with Gasteiger partial charge in [0.1, 0.15) is 35.9 Å². The molecule has 4 aliphatic rings. The van der Waals surface area contributed by atoms with E-state index < -0.39 is 59.6 Å². The van der Waals surface area contributed by atoms with Gasteiger partial charge in [-0.05, 0) is 48.9 Å². The quantitative estimate of drug-likeness (QED) is 0.256. The molecule has 2 saturated heterocycles. The van der Waals surface area contributed by atoms with Gasteiger partial charge >= 0.3 is 0 Å². The molecule has 4 bridgehead atoms. The molecular weight excluding hydrogens is 658 g/mol. The lowest BCUT2D eigenvalue weighted by Crippen LogP contribution is -2.68. The number of rotatable bonds is 4. The van der Waals surface area contributed by atoms with Crippen molar-refractivity contribution in [2.45, 2.75) is 88.4 Å². The van der Waals surface area contributed by atoms with Gasteiger partial charge in [-0.2, -0.15) is 0 Å². The highest BCUT2D eigenvalue weighted by Crippen LogP contribution is 2.57. The Kier molecular flexibility index (Phi) is 8.17. The van der Waals surface area contributed by atoms with Gasteiger partial charge in [-0.15, -0.1) is 0 Å². The number of anilines is 1. The van der Waals surface area contributed by atoms with Crippen molar-refractivity contribution >= 4 is 46.1 Å². The summed E-state index contributed by atoms with van der Waals surface area (Å²) < 4.78 is 2.14. The number of hydrogen-bond acceptors (Lipinski definition) is 6. The lowest BCUT2D eigenvalue weighted by molar-refractivity contribution is -0.147. The van der Waals surface area contributed by atoms with Gasteiger partial charge < -0.3 is 31.2 Å².